The van der Waals surface area contributed by atoms with Gasteiger partial charge in [0.25, 0.3) is 5.91 Å². The monoisotopic (exact) mass is 344 g/mol. The van der Waals surface area contributed by atoms with Gasteiger partial charge in [0.05, 0.1) is 0 Å². The number of likely N-dealkylation sites (tertiary alicyclic amines) is 1. The fourth-order valence-electron chi connectivity index (χ4n) is 3.81. The van der Waals surface area contributed by atoms with Gasteiger partial charge in [0.15, 0.2) is 6.61 Å². The molecule has 1 N–H and O–H groups in total. The molecule has 0 aliphatic carbocycles. The summed E-state index contributed by atoms with van der Waals surface area (Å²) in [5.41, 5.74) is 1.23. The summed E-state index contributed by atoms with van der Waals surface area (Å²) in [4.78, 5) is 25.9. The highest BCUT2D eigenvalue weighted by atomic mass is 16.5. The highest BCUT2D eigenvalue weighted by Gasteiger charge is 2.41. The molecule has 2 aliphatic heterocycles. The first-order valence-electron chi connectivity index (χ1n) is 9.29. The van der Waals surface area contributed by atoms with Crippen LogP contribution < -0.4 is 10.1 Å². The number of piperidine rings is 1. The maximum Gasteiger partial charge on any atom is 0.260 e. The molecule has 3 rings (SSSR count). The van der Waals surface area contributed by atoms with Crippen molar-refractivity contribution in [3.05, 3.63) is 29.8 Å². The zero-order chi connectivity index (χ0) is 17.9. The van der Waals surface area contributed by atoms with Crippen LogP contribution in [0.5, 0.6) is 5.75 Å². The van der Waals surface area contributed by atoms with Gasteiger partial charge in [-0.15, -0.1) is 0 Å². The van der Waals surface area contributed by atoms with E-state index in [2.05, 4.69) is 25.2 Å². The predicted molar refractivity (Wildman–Crippen MR) is 96.5 cm³/mol. The summed E-state index contributed by atoms with van der Waals surface area (Å²) < 4.78 is 5.85. The normalized spacial score (nSPS) is 20.4. The van der Waals surface area contributed by atoms with Crippen molar-refractivity contribution in [1.29, 1.82) is 0 Å². The van der Waals surface area contributed by atoms with Gasteiger partial charge in [-0.05, 0) is 42.2 Å². The Hall–Kier alpha value is -2.04. The first-order chi connectivity index (χ1) is 12.0. The van der Waals surface area contributed by atoms with Crippen molar-refractivity contribution >= 4 is 11.8 Å². The minimum Gasteiger partial charge on any atom is -0.483 e. The largest absolute Gasteiger partial charge is 0.483 e. The number of hydrogen-bond acceptors (Lipinski definition) is 3. The number of hydrogen-bond donors (Lipinski definition) is 1. The molecule has 2 aliphatic rings. The summed E-state index contributed by atoms with van der Waals surface area (Å²) in [7, 11) is 0. The Morgan fingerprint density at radius 3 is 2.68 bits per heavy atom. The third-order valence-corrected chi connectivity index (χ3v) is 5.79. The number of ether oxygens (including phenoxy) is 1. The Morgan fingerprint density at radius 2 is 2.04 bits per heavy atom. The molecule has 0 saturated carbocycles. The maximum atomic E-state index is 12.5. The quantitative estimate of drug-likeness (QED) is 0.893. The fourth-order valence-corrected chi connectivity index (χ4v) is 3.81. The van der Waals surface area contributed by atoms with E-state index in [0.29, 0.717) is 25.4 Å². The minimum absolute atomic E-state index is 0.0334. The first kappa shape index (κ1) is 17.8. The van der Waals surface area contributed by atoms with E-state index >= 15 is 0 Å². The average molecular weight is 344 g/mol. The van der Waals surface area contributed by atoms with E-state index in [0.717, 1.165) is 37.1 Å². The minimum atomic E-state index is 0.0334. The average Bonchev–Trinajstić information content (AvgIpc) is 3.00. The third-order valence-electron chi connectivity index (χ3n) is 5.79. The smallest absolute Gasteiger partial charge is 0.260 e. The highest BCUT2D eigenvalue weighted by Crippen LogP contribution is 2.37. The SMILES string of the molecule is CC[C@@H](C)c1ccccc1OCC(=O)N1CCC2(CC1)CNC(=O)C2. The lowest BCUT2D eigenvalue weighted by Gasteiger charge is -2.38. The van der Waals surface area contributed by atoms with Crippen LogP contribution in [-0.4, -0.2) is 43.0 Å². The fraction of sp³-hybridized carbons (Fsp3) is 0.600. The molecule has 5 nitrogen and oxygen atoms in total. The Labute approximate surface area is 149 Å². The third kappa shape index (κ3) is 3.97. The lowest BCUT2D eigenvalue weighted by molar-refractivity contribution is -0.135. The zero-order valence-electron chi connectivity index (χ0n) is 15.2. The lowest BCUT2D eigenvalue weighted by Crippen LogP contribution is -2.45. The summed E-state index contributed by atoms with van der Waals surface area (Å²) in [5, 5.41) is 2.93. The molecule has 136 valence electrons. The van der Waals surface area contributed by atoms with Crippen molar-refractivity contribution in [2.24, 2.45) is 5.41 Å². The molecule has 2 heterocycles. The van der Waals surface area contributed by atoms with Crippen LogP contribution in [0.2, 0.25) is 0 Å². The van der Waals surface area contributed by atoms with E-state index in [9.17, 15) is 9.59 Å². The topological polar surface area (TPSA) is 58.6 Å². The maximum absolute atomic E-state index is 12.5. The second-order valence-corrected chi connectivity index (χ2v) is 7.47. The van der Waals surface area contributed by atoms with Crippen LogP contribution in [-0.2, 0) is 9.59 Å². The van der Waals surface area contributed by atoms with E-state index in [-0.39, 0.29) is 23.8 Å². The standard InChI is InChI=1S/C20H28N2O3/c1-3-15(2)16-6-4-5-7-17(16)25-13-19(24)22-10-8-20(9-11-22)12-18(23)21-14-20/h4-7,15H,3,8-14H2,1-2H3,(H,21,23)/t15-/m1/s1. The Morgan fingerprint density at radius 1 is 1.32 bits per heavy atom. The number of benzene rings is 1. The Balaban J connectivity index is 1.53. The number of rotatable bonds is 5. The Bertz CT molecular complexity index is 636. The van der Waals surface area contributed by atoms with Crippen LogP contribution in [0.4, 0.5) is 0 Å². The first-order valence-corrected chi connectivity index (χ1v) is 9.29. The van der Waals surface area contributed by atoms with Gasteiger partial charge in [0, 0.05) is 26.1 Å². The van der Waals surface area contributed by atoms with Crippen molar-refractivity contribution in [1.82, 2.24) is 10.2 Å². The molecule has 1 aromatic carbocycles. The van der Waals surface area contributed by atoms with Gasteiger partial charge >= 0.3 is 0 Å². The van der Waals surface area contributed by atoms with Crippen LogP contribution >= 0.6 is 0 Å². The summed E-state index contributed by atoms with van der Waals surface area (Å²) in [5.74, 6) is 1.40. The molecule has 0 bridgehead atoms. The molecule has 2 fully saturated rings. The summed E-state index contributed by atoms with van der Waals surface area (Å²) in [6.45, 7) is 6.59. The second-order valence-electron chi connectivity index (χ2n) is 7.47. The van der Waals surface area contributed by atoms with Gasteiger partial charge in [-0.25, -0.2) is 0 Å². The van der Waals surface area contributed by atoms with Crippen LogP contribution in [0.15, 0.2) is 24.3 Å². The summed E-state index contributed by atoms with van der Waals surface area (Å²) in [6.07, 6.45) is 3.42. The Kier molecular flexibility index (Phi) is 5.30. The summed E-state index contributed by atoms with van der Waals surface area (Å²) in [6, 6.07) is 7.97. The van der Waals surface area contributed by atoms with Crippen molar-refractivity contribution in [3.8, 4) is 5.75 Å². The van der Waals surface area contributed by atoms with Gasteiger partial charge in [-0.2, -0.15) is 0 Å². The van der Waals surface area contributed by atoms with E-state index in [1.165, 1.54) is 0 Å². The predicted octanol–water partition coefficient (Wildman–Crippen LogP) is 2.71. The molecule has 0 radical (unpaired) electrons. The molecule has 5 heteroatoms. The molecular weight excluding hydrogens is 316 g/mol. The lowest BCUT2D eigenvalue weighted by atomic mass is 9.77. The van der Waals surface area contributed by atoms with E-state index < -0.39 is 0 Å². The number of carbonyl (C=O) groups excluding carboxylic acids is 2. The van der Waals surface area contributed by atoms with Crippen molar-refractivity contribution < 1.29 is 14.3 Å². The second kappa shape index (κ2) is 7.46. The van der Waals surface area contributed by atoms with E-state index in [1.807, 2.05) is 23.1 Å². The van der Waals surface area contributed by atoms with Gasteiger partial charge in [-0.1, -0.05) is 32.0 Å². The highest BCUT2D eigenvalue weighted by molar-refractivity contribution is 5.80. The molecule has 1 aromatic rings. The van der Waals surface area contributed by atoms with E-state index in [4.69, 9.17) is 4.74 Å². The van der Waals surface area contributed by atoms with Crippen molar-refractivity contribution in [2.75, 3.05) is 26.2 Å². The zero-order valence-corrected chi connectivity index (χ0v) is 15.2. The molecular formula is C20H28N2O3. The number of nitrogens with one attached hydrogen (secondary N) is 1. The molecule has 1 spiro atoms. The molecule has 2 saturated heterocycles. The molecule has 25 heavy (non-hydrogen) atoms. The molecule has 0 unspecified atom stereocenters. The molecule has 2 amide bonds. The van der Waals surface area contributed by atoms with Gasteiger partial charge in [0.2, 0.25) is 5.91 Å². The number of nitrogens with zero attached hydrogens (tertiary/aromatic N) is 1. The van der Waals surface area contributed by atoms with Crippen molar-refractivity contribution in [3.63, 3.8) is 0 Å². The van der Waals surface area contributed by atoms with E-state index in [1.54, 1.807) is 0 Å². The van der Waals surface area contributed by atoms with Crippen LogP contribution in [0, 0.1) is 5.41 Å². The van der Waals surface area contributed by atoms with Gasteiger partial charge < -0.3 is 15.0 Å². The van der Waals surface area contributed by atoms with Crippen molar-refractivity contribution in [2.45, 2.75) is 45.4 Å². The molecule has 1 atom stereocenters. The van der Waals surface area contributed by atoms with Crippen LogP contribution in [0.3, 0.4) is 0 Å². The van der Waals surface area contributed by atoms with Gasteiger partial charge in [-0.3, -0.25) is 9.59 Å². The number of carbonyl (C=O) groups is 2. The molecule has 0 aromatic heterocycles. The number of amides is 2. The van der Waals surface area contributed by atoms with Crippen LogP contribution in [0.25, 0.3) is 0 Å². The number of para-hydroxylation sites is 1. The van der Waals surface area contributed by atoms with Crippen LogP contribution in [0.1, 0.15) is 51.0 Å². The van der Waals surface area contributed by atoms with Gasteiger partial charge in [0.1, 0.15) is 5.75 Å². The summed E-state index contributed by atoms with van der Waals surface area (Å²) >= 11 is 0.